The highest BCUT2D eigenvalue weighted by molar-refractivity contribution is 5.79. The average Bonchev–Trinajstić information content (AvgIpc) is 2.56. The van der Waals surface area contributed by atoms with E-state index in [1.54, 1.807) is 0 Å². The van der Waals surface area contributed by atoms with E-state index in [1.807, 2.05) is 0 Å². The van der Waals surface area contributed by atoms with Crippen LogP contribution in [0.25, 0.3) is 0 Å². The van der Waals surface area contributed by atoms with E-state index in [9.17, 15) is 4.79 Å². The van der Waals surface area contributed by atoms with Gasteiger partial charge in [0.25, 0.3) is 0 Å². The second-order valence-electron chi connectivity index (χ2n) is 5.90. The molecule has 2 fully saturated rings. The Morgan fingerprint density at radius 1 is 1.12 bits per heavy atom. The Morgan fingerprint density at radius 3 is 2.35 bits per heavy atom. The standard InChI is InChI=1S/C14H26N2O/c1-11-10-12(15)6-7-13(11)14(17)16-8-4-2-3-5-9-16/h11-13H,2-10,15H2,1H3. The van der Waals surface area contributed by atoms with Gasteiger partial charge in [0, 0.05) is 25.0 Å². The number of carbonyl (C=O) groups excluding carboxylic acids is 1. The van der Waals surface area contributed by atoms with Crippen LogP contribution in [-0.4, -0.2) is 29.9 Å². The molecule has 0 spiro atoms. The van der Waals surface area contributed by atoms with Crippen LogP contribution >= 0.6 is 0 Å². The van der Waals surface area contributed by atoms with Crippen molar-refractivity contribution in [2.24, 2.45) is 17.6 Å². The summed E-state index contributed by atoms with van der Waals surface area (Å²) in [5.41, 5.74) is 5.97. The minimum absolute atomic E-state index is 0.243. The molecule has 3 atom stereocenters. The highest BCUT2D eigenvalue weighted by Gasteiger charge is 2.33. The zero-order valence-corrected chi connectivity index (χ0v) is 11.0. The summed E-state index contributed by atoms with van der Waals surface area (Å²) in [6, 6.07) is 0.318. The van der Waals surface area contributed by atoms with Crippen molar-refractivity contribution in [3.63, 3.8) is 0 Å². The first-order chi connectivity index (χ1) is 8.18. The van der Waals surface area contributed by atoms with Gasteiger partial charge in [0.05, 0.1) is 0 Å². The topological polar surface area (TPSA) is 46.3 Å². The van der Waals surface area contributed by atoms with Gasteiger partial charge in [0.15, 0.2) is 0 Å². The van der Waals surface area contributed by atoms with Crippen LogP contribution in [0.1, 0.15) is 51.9 Å². The molecule has 1 aliphatic heterocycles. The summed E-state index contributed by atoms with van der Waals surface area (Å²) in [5.74, 6) is 1.12. The summed E-state index contributed by atoms with van der Waals surface area (Å²) < 4.78 is 0. The smallest absolute Gasteiger partial charge is 0.225 e. The monoisotopic (exact) mass is 238 g/mol. The third kappa shape index (κ3) is 3.21. The van der Waals surface area contributed by atoms with Crippen molar-refractivity contribution in [3.05, 3.63) is 0 Å². The Labute approximate surface area is 105 Å². The van der Waals surface area contributed by atoms with E-state index in [1.165, 1.54) is 25.7 Å². The van der Waals surface area contributed by atoms with Gasteiger partial charge in [-0.1, -0.05) is 19.8 Å². The summed E-state index contributed by atoms with van der Waals surface area (Å²) in [4.78, 5) is 14.6. The lowest BCUT2D eigenvalue weighted by molar-refractivity contribution is -0.138. The second-order valence-corrected chi connectivity index (χ2v) is 5.90. The van der Waals surface area contributed by atoms with Crippen molar-refractivity contribution >= 4 is 5.91 Å². The molecular formula is C14H26N2O. The summed E-state index contributed by atoms with van der Waals surface area (Å²) >= 11 is 0. The third-order valence-electron chi connectivity index (χ3n) is 4.44. The van der Waals surface area contributed by atoms with Gasteiger partial charge in [-0.2, -0.15) is 0 Å². The molecule has 1 heterocycles. The number of nitrogens with two attached hydrogens (primary N) is 1. The van der Waals surface area contributed by atoms with Gasteiger partial charge in [-0.05, 0) is 38.0 Å². The Balaban J connectivity index is 1.93. The van der Waals surface area contributed by atoms with Crippen LogP contribution < -0.4 is 5.73 Å². The van der Waals surface area contributed by atoms with E-state index >= 15 is 0 Å². The molecule has 1 saturated heterocycles. The van der Waals surface area contributed by atoms with E-state index < -0.39 is 0 Å². The van der Waals surface area contributed by atoms with E-state index in [-0.39, 0.29) is 5.92 Å². The second kappa shape index (κ2) is 5.85. The SMILES string of the molecule is CC1CC(N)CCC1C(=O)N1CCCCCC1. The Hall–Kier alpha value is -0.570. The Kier molecular flexibility index (Phi) is 4.43. The molecule has 2 aliphatic rings. The first-order valence-electron chi connectivity index (χ1n) is 7.23. The maximum Gasteiger partial charge on any atom is 0.225 e. The molecule has 3 nitrogen and oxygen atoms in total. The van der Waals surface area contributed by atoms with Crippen LogP contribution in [0.15, 0.2) is 0 Å². The number of hydrogen-bond donors (Lipinski definition) is 1. The van der Waals surface area contributed by atoms with Crippen LogP contribution in [0.4, 0.5) is 0 Å². The fourth-order valence-electron chi connectivity index (χ4n) is 3.33. The first-order valence-corrected chi connectivity index (χ1v) is 7.23. The third-order valence-corrected chi connectivity index (χ3v) is 4.44. The number of amides is 1. The van der Waals surface area contributed by atoms with Crippen molar-refractivity contribution in [2.75, 3.05) is 13.1 Å². The van der Waals surface area contributed by atoms with Crippen LogP contribution in [0.5, 0.6) is 0 Å². The van der Waals surface area contributed by atoms with Gasteiger partial charge < -0.3 is 10.6 Å². The number of nitrogens with zero attached hydrogens (tertiary/aromatic N) is 1. The highest BCUT2D eigenvalue weighted by Crippen LogP contribution is 2.31. The van der Waals surface area contributed by atoms with Crippen LogP contribution in [0.2, 0.25) is 0 Å². The molecule has 2 N–H and O–H groups in total. The van der Waals surface area contributed by atoms with Crippen molar-refractivity contribution in [1.29, 1.82) is 0 Å². The van der Waals surface area contributed by atoms with Gasteiger partial charge in [0.1, 0.15) is 0 Å². The number of likely N-dealkylation sites (tertiary alicyclic amines) is 1. The van der Waals surface area contributed by atoms with Gasteiger partial charge in [-0.25, -0.2) is 0 Å². The number of rotatable bonds is 1. The largest absolute Gasteiger partial charge is 0.342 e. The molecule has 1 saturated carbocycles. The molecule has 3 heteroatoms. The number of hydrogen-bond acceptors (Lipinski definition) is 2. The molecule has 2 rings (SSSR count). The molecule has 98 valence electrons. The maximum atomic E-state index is 12.5. The Morgan fingerprint density at radius 2 is 1.76 bits per heavy atom. The van der Waals surface area contributed by atoms with E-state index in [0.29, 0.717) is 17.9 Å². The molecule has 3 unspecified atom stereocenters. The molecule has 0 radical (unpaired) electrons. The quantitative estimate of drug-likeness (QED) is 0.761. The summed E-state index contributed by atoms with van der Waals surface area (Å²) in [7, 11) is 0. The van der Waals surface area contributed by atoms with Gasteiger partial charge in [-0.15, -0.1) is 0 Å². The molecule has 17 heavy (non-hydrogen) atoms. The summed E-state index contributed by atoms with van der Waals surface area (Å²) in [5, 5.41) is 0. The zero-order valence-electron chi connectivity index (χ0n) is 11.0. The van der Waals surface area contributed by atoms with Gasteiger partial charge >= 0.3 is 0 Å². The number of carbonyl (C=O) groups is 1. The van der Waals surface area contributed by atoms with Crippen molar-refractivity contribution < 1.29 is 4.79 Å². The fourth-order valence-corrected chi connectivity index (χ4v) is 3.33. The van der Waals surface area contributed by atoms with Gasteiger partial charge in [0.2, 0.25) is 5.91 Å². The normalized spacial score (nSPS) is 35.4. The average molecular weight is 238 g/mol. The van der Waals surface area contributed by atoms with E-state index in [4.69, 9.17) is 5.73 Å². The fraction of sp³-hybridized carbons (Fsp3) is 0.929. The maximum absolute atomic E-state index is 12.5. The highest BCUT2D eigenvalue weighted by atomic mass is 16.2. The summed E-state index contributed by atoms with van der Waals surface area (Å²) in [6.45, 7) is 4.15. The minimum Gasteiger partial charge on any atom is -0.342 e. The molecular weight excluding hydrogens is 212 g/mol. The van der Waals surface area contributed by atoms with E-state index in [0.717, 1.165) is 32.4 Å². The van der Waals surface area contributed by atoms with E-state index in [2.05, 4.69) is 11.8 Å². The minimum atomic E-state index is 0.243. The lowest BCUT2D eigenvalue weighted by atomic mass is 9.77. The molecule has 0 aromatic carbocycles. The van der Waals surface area contributed by atoms with Crippen LogP contribution in [0, 0.1) is 11.8 Å². The molecule has 0 bridgehead atoms. The van der Waals surface area contributed by atoms with Gasteiger partial charge in [-0.3, -0.25) is 4.79 Å². The molecule has 1 aliphatic carbocycles. The van der Waals surface area contributed by atoms with Crippen molar-refractivity contribution in [2.45, 2.75) is 57.9 Å². The van der Waals surface area contributed by atoms with Crippen LogP contribution in [0.3, 0.4) is 0 Å². The predicted octanol–water partition coefficient (Wildman–Crippen LogP) is 2.15. The first kappa shape index (κ1) is 12.9. The van der Waals surface area contributed by atoms with Crippen LogP contribution in [-0.2, 0) is 4.79 Å². The lowest BCUT2D eigenvalue weighted by Crippen LogP contribution is -2.43. The van der Waals surface area contributed by atoms with Crippen molar-refractivity contribution in [1.82, 2.24) is 4.90 Å². The van der Waals surface area contributed by atoms with Crippen molar-refractivity contribution in [3.8, 4) is 0 Å². The molecule has 1 amide bonds. The summed E-state index contributed by atoms with van der Waals surface area (Å²) in [6.07, 6.45) is 7.99. The molecule has 0 aromatic rings. The predicted molar refractivity (Wildman–Crippen MR) is 69.5 cm³/mol. The molecule has 0 aromatic heterocycles. The lowest BCUT2D eigenvalue weighted by Gasteiger charge is -2.35. The Bertz CT molecular complexity index is 259. The zero-order chi connectivity index (χ0) is 12.3.